The lowest BCUT2D eigenvalue weighted by atomic mass is 10.4. The molecule has 0 aliphatic carbocycles. The number of carbonyl (C=O) groups is 1. The summed E-state index contributed by atoms with van der Waals surface area (Å²) in [5, 5.41) is 0.225. The van der Waals surface area contributed by atoms with Crippen molar-refractivity contribution in [1.29, 1.82) is 0 Å². The average molecular weight is 234 g/mol. The van der Waals surface area contributed by atoms with Crippen LogP contribution in [0.1, 0.15) is 39.5 Å². The summed E-state index contributed by atoms with van der Waals surface area (Å²) < 4.78 is 0. The minimum Gasteiger partial charge on any atom is -0.302 e. The number of rotatable bonds is 10. The normalized spacial score (nSPS) is 12.7. The minimum absolute atomic E-state index is 0.225. The number of aldehydes is 1. The number of thioether (sulfide) groups is 2. The molecule has 1 atom stereocenters. The smallest absolute Gasteiger partial charge is 0.133 e. The third-order valence-electron chi connectivity index (χ3n) is 1.91. The Morgan fingerprint density at radius 3 is 2.36 bits per heavy atom. The van der Waals surface area contributed by atoms with Crippen LogP contribution in [0, 0.1) is 0 Å². The van der Waals surface area contributed by atoms with Crippen LogP contribution in [0.2, 0.25) is 0 Å². The molecular formula is C11H22OS2. The van der Waals surface area contributed by atoms with Crippen molar-refractivity contribution in [2.24, 2.45) is 0 Å². The lowest BCUT2D eigenvalue weighted by molar-refractivity contribution is -0.107. The van der Waals surface area contributed by atoms with E-state index in [1.165, 1.54) is 31.4 Å². The van der Waals surface area contributed by atoms with Gasteiger partial charge in [0, 0.05) is 5.75 Å². The molecule has 0 bridgehead atoms. The van der Waals surface area contributed by atoms with E-state index in [1.54, 1.807) is 0 Å². The molecule has 1 nitrogen and oxygen atoms in total. The van der Waals surface area contributed by atoms with Gasteiger partial charge in [-0.05, 0) is 24.3 Å². The van der Waals surface area contributed by atoms with Gasteiger partial charge in [-0.15, -0.1) is 0 Å². The van der Waals surface area contributed by atoms with Crippen LogP contribution in [0.5, 0.6) is 0 Å². The monoisotopic (exact) mass is 234 g/mol. The van der Waals surface area contributed by atoms with Gasteiger partial charge in [-0.2, -0.15) is 23.5 Å². The summed E-state index contributed by atoms with van der Waals surface area (Å²) in [6.07, 6.45) is 6.09. The van der Waals surface area contributed by atoms with E-state index in [4.69, 9.17) is 0 Å². The largest absolute Gasteiger partial charge is 0.302 e. The first kappa shape index (κ1) is 14.4. The molecule has 0 aliphatic heterocycles. The van der Waals surface area contributed by atoms with E-state index in [2.05, 4.69) is 13.8 Å². The van der Waals surface area contributed by atoms with Crippen molar-refractivity contribution in [2.75, 3.05) is 17.3 Å². The second-order valence-corrected chi connectivity index (χ2v) is 5.82. The third-order valence-corrected chi connectivity index (χ3v) is 4.52. The van der Waals surface area contributed by atoms with Crippen LogP contribution in [0.4, 0.5) is 0 Å². The highest BCUT2D eigenvalue weighted by atomic mass is 32.2. The standard InChI is InChI=1S/C11H22OS2/c1-3-5-7-13-10-11(9-12)14-8-6-4-2/h9,11H,3-8,10H2,1-2H3. The van der Waals surface area contributed by atoms with Gasteiger partial charge in [-0.1, -0.05) is 26.7 Å². The molecule has 0 spiro atoms. The molecule has 0 fully saturated rings. The Labute approximate surface area is 96.8 Å². The maximum Gasteiger partial charge on any atom is 0.133 e. The van der Waals surface area contributed by atoms with Crippen LogP contribution in [0.25, 0.3) is 0 Å². The first-order valence-electron chi connectivity index (χ1n) is 5.49. The highest BCUT2D eigenvalue weighted by molar-refractivity contribution is 8.03. The fraction of sp³-hybridized carbons (Fsp3) is 0.909. The Morgan fingerprint density at radius 1 is 1.14 bits per heavy atom. The molecule has 84 valence electrons. The summed E-state index contributed by atoms with van der Waals surface area (Å²) in [6, 6.07) is 0. The Balaban J connectivity index is 3.33. The molecule has 0 aromatic rings. The van der Waals surface area contributed by atoms with E-state index in [1.807, 2.05) is 23.5 Å². The fourth-order valence-electron chi connectivity index (χ4n) is 0.952. The topological polar surface area (TPSA) is 17.1 Å². The molecule has 0 aromatic carbocycles. The SMILES string of the molecule is CCCCSCC(C=O)SCCCC. The molecule has 0 N–H and O–H groups in total. The molecule has 0 amide bonds. The van der Waals surface area contributed by atoms with Gasteiger partial charge in [0.25, 0.3) is 0 Å². The number of carbonyl (C=O) groups excluding carboxylic acids is 1. The summed E-state index contributed by atoms with van der Waals surface area (Å²) in [4.78, 5) is 10.7. The van der Waals surface area contributed by atoms with Gasteiger partial charge in [0.15, 0.2) is 0 Å². The Hall–Kier alpha value is 0.370. The molecule has 1 unspecified atom stereocenters. The van der Waals surface area contributed by atoms with E-state index >= 15 is 0 Å². The van der Waals surface area contributed by atoms with Crippen LogP contribution in [-0.4, -0.2) is 28.8 Å². The van der Waals surface area contributed by atoms with Crippen molar-refractivity contribution in [3.63, 3.8) is 0 Å². The van der Waals surface area contributed by atoms with E-state index in [0.717, 1.165) is 17.8 Å². The van der Waals surface area contributed by atoms with Crippen LogP contribution in [0.15, 0.2) is 0 Å². The molecule has 0 aromatic heterocycles. The molecule has 14 heavy (non-hydrogen) atoms. The van der Waals surface area contributed by atoms with E-state index in [0.29, 0.717) is 0 Å². The molecule has 0 heterocycles. The van der Waals surface area contributed by atoms with Gasteiger partial charge >= 0.3 is 0 Å². The highest BCUT2D eigenvalue weighted by Crippen LogP contribution is 2.17. The second kappa shape index (κ2) is 11.4. The average Bonchev–Trinajstić information content (AvgIpc) is 2.22. The molecule has 0 saturated carbocycles. The first-order chi connectivity index (χ1) is 6.85. The van der Waals surface area contributed by atoms with Crippen LogP contribution in [-0.2, 0) is 4.79 Å². The predicted octanol–water partition coefficient (Wildman–Crippen LogP) is 3.62. The third kappa shape index (κ3) is 8.95. The predicted molar refractivity (Wildman–Crippen MR) is 69.5 cm³/mol. The minimum atomic E-state index is 0.225. The van der Waals surface area contributed by atoms with Crippen molar-refractivity contribution >= 4 is 29.8 Å². The molecule has 3 heteroatoms. The summed E-state index contributed by atoms with van der Waals surface area (Å²) in [5.41, 5.74) is 0. The molecule has 0 saturated heterocycles. The molecule has 0 radical (unpaired) electrons. The lowest BCUT2D eigenvalue weighted by Gasteiger charge is -2.08. The van der Waals surface area contributed by atoms with E-state index < -0.39 is 0 Å². The number of hydrogen-bond donors (Lipinski definition) is 0. The Morgan fingerprint density at radius 2 is 1.79 bits per heavy atom. The van der Waals surface area contributed by atoms with Crippen LogP contribution < -0.4 is 0 Å². The maximum absolute atomic E-state index is 10.7. The zero-order valence-electron chi connectivity index (χ0n) is 9.33. The number of hydrogen-bond acceptors (Lipinski definition) is 3. The first-order valence-corrected chi connectivity index (χ1v) is 7.70. The fourth-order valence-corrected chi connectivity index (χ4v) is 3.43. The van der Waals surface area contributed by atoms with Crippen molar-refractivity contribution in [3.8, 4) is 0 Å². The van der Waals surface area contributed by atoms with Crippen LogP contribution in [0.3, 0.4) is 0 Å². The Kier molecular flexibility index (Phi) is 11.7. The molecule has 0 aliphatic rings. The van der Waals surface area contributed by atoms with Gasteiger partial charge in [0.1, 0.15) is 6.29 Å². The van der Waals surface area contributed by atoms with Gasteiger partial charge < -0.3 is 4.79 Å². The zero-order valence-corrected chi connectivity index (χ0v) is 11.0. The van der Waals surface area contributed by atoms with Gasteiger partial charge in [-0.3, -0.25) is 0 Å². The summed E-state index contributed by atoms with van der Waals surface area (Å²) in [7, 11) is 0. The summed E-state index contributed by atoms with van der Waals surface area (Å²) in [5.74, 6) is 3.33. The number of unbranched alkanes of at least 4 members (excludes halogenated alkanes) is 2. The van der Waals surface area contributed by atoms with Crippen molar-refractivity contribution in [2.45, 2.75) is 44.8 Å². The van der Waals surface area contributed by atoms with Crippen molar-refractivity contribution in [1.82, 2.24) is 0 Å². The quantitative estimate of drug-likeness (QED) is 0.424. The van der Waals surface area contributed by atoms with Crippen molar-refractivity contribution < 1.29 is 4.79 Å². The molecular weight excluding hydrogens is 212 g/mol. The van der Waals surface area contributed by atoms with Crippen molar-refractivity contribution in [3.05, 3.63) is 0 Å². The second-order valence-electron chi connectivity index (χ2n) is 3.33. The maximum atomic E-state index is 10.7. The van der Waals surface area contributed by atoms with Gasteiger partial charge in [0.2, 0.25) is 0 Å². The van der Waals surface area contributed by atoms with Gasteiger partial charge in [0.05, 0.1) is 5.25 Å². The highest BCUT2D eigenvalue weighted by Gasteiger charge is 2.06. The lowest BCUT2D eigenvalue weighted by Crippen LogP contribution is -2.09. The zero-order chi connectivity index (χ0) is 10.6. The summed E-state index contributed by atoms with van der Waals surface area (Å²) in [6.45, 7) is 4.39. The molecule has 0 rings (SSSR count). The van der Waals surface area contributed by atoms with Crippen LogP contribution >= 0.6 is 23.5 Å². The Bertz CT molecular complexity index is 128. The summed E-state index contributed by atoms with van der Waals surface area (Å²) >= 11 is 3.73. The van der Waals surface area contributed by atoms with E-state index in [-0.39, 0.29) is 5.25 Å². The van der Waals surface area contributed by atoms with E-state index in [9.17, 15) is 4.79 Å². The van der Waals surface area contributed by atoms with Gasteiger partial charge in [-0.25, -0.2) is 0 Å².